The number of rotatable bonds is 5. The van der Waals surface area contributed by atoms with Crippen molar-refractivity contribution in [1.29, 1.82) is 0 Å². The van der Waals surface area contributed by atoms with Gasteiger partial charge in [0.2, 0.25) is 5.95 Å². The molecule has 0 bridgehead atoms. The van der Waals surface area contributed by atoms with Gasteiger partial charge in [0.15, 0.2) is 0 Å². The Morgan fingerprint density at radius 2 is 2.05 bits per heavy atom. The lowest BCUT2D eigenvalue weighted by Crippen LogP contribution is -2.22. The number of nitrogens with zero attached hydrogens (tertiary/aromatic N) is 3. The quantitative estimate of drug-likeness (QED) is 0.650. The van der Waals surface area contributed by atoms with Gasteiger partial charge in [-0.05, 0) is 12.5 Å². The van der Waals surface area contributed by atoms with E-state index in [1.807, 2.05) is 30.3 Å². The summed E-state index contributed by atoms with van der Waals surface area (Å²) in [6, 6.07) is 9.89. The molecule has 0 amide bonds. The first kappa shape index (κ1) is 14.3. The molecule has 0 atom stereocenters. The second kappa shape index (κ2) is 5.98. The molecule has 3 N–H and O–H groups in total. The van der Waals surface area contributed by atoms with Crippen LogP contribution in [0.4, 0.5) is 5.95 Å². The number of H-pyrrole nitrogens is 1. The average Bonchev–Trinajstić information content (AvgIpc) is 2.93. The topological polar surface area (TPSA) is 95.3 Å². The van der Waals surface area contributed by atoms with Crippen molar-refractivity contribution in [2.45, 2.75) is 19.9 Å². The standard InChI is InChI=1S/C15H17N5O2/c1-10-12(7-8-21)13(22)20-15(17-10)18-14(19-20)16-9-11-5-3-2-4-6-11/h2-6,21H,7-9H2,1H3,(H2,16,17,18,19). The van der Waals surface area contributed by atoms with Crippen molar-refractivity contribution in [3.05, 3.63) is 57.5 Å². The van der Waals surface area contributed by atoms with Gasteiger partial charge in [-0.3, -0.25) is 9.89 Å². The number of aromatic amines is 1. The van der Waals surface area contributed by atoms with Gasteiger partial charge in [-0.2, -0.15) is 9.50 Å². The molecule has 0 unspecified atom stereocenters. The molecule has 22 heavy (non-hydrogen) atoms. The number of benzene rings is 1. The maximum absolute atomic E-state index is 12.3. The summed E-state index contributed by atoms with van der Waals surface area (Å²) in [4.78, 5) is 20.9. The molecule has 0 saturated carbocycles. The maximum atomic E-state index is 12.3. The van der Waals surface area contributed by atoms with E-state index >= 15 is 0 Å². The molecule has 0 aliphatic carbocycles. The van der Waals surface area contributed by atoms with Gasteiger partial charge in [-0.15, -0.1) is 0 Å². The van der Waals surface area contributed by atoms with E-state index in [2.05, 4.69) is 20.4 Å². The van der Waals surface area contributed by atoms with Crippen LogP contribution in [-0.2, 0) is 13.0 Å². The molecule has 7 nitrogen and oxygen atoms in total. The van der Waals surface area contributed by atoms with Crippen LogP contribution in [0.5, 0.6) is 0 Å². The Hall–Kier alpha value is -2.67. The van der Waals surface area contributed by atoms with Crippen molar-refractivity contribution in [3.63, 3.8) is 0 Å². The van der Waals surface area contributed by atoms with E-state index in [1.54, 1.807) is 6.92 Å². The summed E-state index contributed by atoms with van der Waals surface area (Å²) in [7, 11) is 0. The summed E-state index contributed by atoms with van der Waals surface area (Å²) >= 11 is 0. The summed E-state index contributed by atoms with van der Waals surface area (Å²) in [6.07, 6.45) is 0.284. The summed E-state index contributed by atoms with van der Waals surface area (Å²) < 4.78 is 1.30. The van der Waals surface area contributed by atoms with E-state index < -0.39 is 0 Å². The van der Waals surface area contributed by atoms with Gasteiger partial charge in [0.25, 0.3) is 11.3 Å². The number of fused-ring (bicyclic) bond motifs is 1. The van der Waals surface area contributed by atoms with Crippen LogP contribution < -0.4 is 10.9 Å². The molecule has 3 rings (SSSR count). The maximum Gasteiger partial charge on any atom is 0.277 e. The lowest BCUT2D eigenvalue weighted by atomic mass is 10.2. The Kier molecular flexibility index (Phi) is 3.88. The van der Waals surface area contributed by atoms with Gasteiger partial charge >= 0.3 is 0 Å². The molecule has 0 aliphatic heterocycles. The van der Waals surface area contributed by atoms with Crippen molar-refractivity contribution < 1.29 is 5.11 Å². The number of hydrogen-bond donors (Lipinski definition) is 3. The zero-order valence-electron chi connectivity index (χ0n) is 12.2. The van der Waals surface area contributed by atoms with E-state index in [-0.39, 0.29) is 18.6 Å². The highest BCUT2D eigenvalue weighted by Crippen LogP contribution is 2.07. The van der Waals surface area contributed by atoms with Gasteiger partial charge in [0, 0.05) is 25.1 Å². The fourth-order valence-corrected chi connectivity index (χ4v) is 2.32. The lowest BCUT2D eigenvalue weighted by molar-refractivity contribution is 0.298. The predicted octanol–water partition coefficient (Wildman–Crippen LogP) is 0.873. The molecule has 0 fully saturated rings. The fraction of sp³-hybridized carbons (Fsp3) is 0.267. The van der Waals surface area contributed by atoms with Crippen molar-refractivity contribution in [2.24, 2.45) is 0 Å². The van der Waals surface area contributed by atoms with Crippen LogP contribution in [0, 0.1) is 6.92 Å². The number of anilines is 1. The van der Waals surface area contributed by atoms with E-state index in [4.69, 9.17) is 5.11 Å². The highest BCUT2D eigenvalue weighted by atomic mass is 16.3. The van der Waals surface area contributed by atoms with Crippen molar-refractivity contribution >= 4 is 11.7 Å². The Bertz CT molecular complexity index is 838. The molecular weight excluding hydrogens is 282 g/mol. The molecule has 2 heterocycles. The largest absolute Gasteiger partial charge is 0.396 e. The van der Waals surface area contributed by atoms with E-state index in [0.717, 1.165) is 5.56 Å². The predicted molar refractivity (Wildman–Crippen MR) is 82.9 cm³/mol. The second-order valence-electron chi connectivity index (χ2n) is 5.00. The Labute approximate surface area is 126 Å². The van der Waals surface area contributed by atoms with E-state index in [9.17, 15) is 4.79 Å². The van der Waals surface area contributed by atoms with Crippen LogP contribution in [-0.4, -0.2) is 31.3 Å². The SMILES string of the molecule is Cc1nc2nc(NCc3ccccc3)[nH]n2c(=O)c1CCO. The monoisotopic (exact) mass is 299 g/mol. The third-order valence-electron chi connectivity index (χ3n) is 3.46. The van der Waals surface area contributed by atoms with Crippen LogP contribution in [0.1, 0.15) is 16.8 Å². The molecule has 0 spiro atoms. The molecule has 7 heteroatoms. The van der Waals surface area contributed by atoms with Gasteiger partial charge in [-0.25, -0.2) is 4.98 Å². The lowest BCUT2D eigenvalue weighted by Gasteiger charge is -2.02. The smallest absolute Gasteiger partial charge is 0.277 e. The minimum atomic E-state index is -0.225. The number of aliphatic hydroxyl groups excluding tert-OH is 1. The van der Waals surface area contributed by atoms with Gasteiger partial charge in [-0.1, -0.05) is 30.3 Å². The van der Waals surface area contributed by atoms with Crippen molar-refractivity contribution in [1.82, 2.24) is 19.6 Å². The minimum Gasteiger partial charge on any atom is -0.396 e. The zero-order chi connectivity index (χ0) is 15.5. The van der Waals surface area contributed by atoms with Crippen molar-refractivity contribution in [2.75, 3.05) is 11.9 Å². The fourth-order valence-electron chi connectivity index (χ4n) is 2.32. The van der Waals surface area contributed by atoms with E-state index in [1.165, 1.54) is 4.52 Å². The number of aliphatic hydroxyl groups is 1. The van der Waals surface area contributed by atoms with Crippen LogP contribution in [0.15, 0.2) is 35.1 Å². The van der Waals surface area contributed by atoms with Gasteiger partial charge in [0.1, 0.15) is 0 Å². The summed E-state index contributed by atoms with van der Waals surface area (Å²) in [5, 5.41) is 15.1. The van der Waals surface area contributed by atoms with E-state index in [0.29, 0.717) is 29.5 Å². The molecule has 0 radical (unpaired) electrons. The molecule has 114 valence electrons. The number of hydrogen-bond acceptors (Lipinski definition) is 5. The highest BCUT2D eigenvalue weighted by Gasteiger charge is 2.12. The molecule has 0 saturated heterocycles. The summed E-state index contributed by atoms with van der Waals surface area (Å²) in [5.41, 5.74) is 1.98. The number of nitrogens with one attached hydrogen (secondary N) is 2. The zero-order valence-corrected chi connectivity index (χ0v) is 12.2. The second-order valence-corrected chi connectivity index (χ2v) is 5.00. The molecule has 2 aromatic heterocycles. The average molecular weight is 299 g/mol. The Morgan fingerprint density at radius 1 is 1.27 bits per heavy atom. The summed E-state index contributed by atoms with van der Waals surface area (Å²) in [6.45, 7) is 2.26. The molecule has 3 aromatic rings. The van der Waals surface area contributed by atoms with Crippen LogP contribution in [0.3, 0.4) is 0 Å². The third-order valence-corrected chi connectivity index (χ3v) is 3.46. The number of aryl methyl sites for hydroxylation is 1. The number of aromatic nitrogens is 4. The van der Waals surface area contributed by atoms with Crippen LogP contribution in [0.25, 0.3) is 5.78 Å². The molecule has 1 aromatic carbocycles. The van der Waals surface area contributed by atoms with Crippen LogP contribution >= 0.6 is 0 Å². The first-order chi connectivity index (χ1) is 10.7. The first-order valence-corrected chi connectivity index (χ1v) is 7.06. The highest BCUT2D eigenvalue weighted by molar-refractivity contribution is 5.39. The minimum absolute atomic E-state index is 0.0862. The normalized spacial score (nSPS) is 11.0. The first-order valence-electron chi connectivity index (χ1n) is 7.06. The molecule has 0 aliphatic rings. The van der Waals surface area contributed by atoms with Gasteiger partial charge in [0.05, 0.1) is 5.69 Å². The Balaban J connectivity index is 1.90. The van der Waals surface area contributed by atoms with Crippen LogP contribution in [0.2, 0.25) is 0 Å². The summed E-state index contributed by atoms with van der Waals surface area (Å²) in [5.74, 6) is 0.800. The van der Waals surface area contributed by atoms with Gasteiger partial charge < -0.3 is 10.4 Å². The van der Waals surface area contributed by atoms with Crippen molar-refractivity contribution in [3.8, 4) is 0 Å². The third kappa shape index (κ3) is 2.71. The molecular formula is C15H17N5O2. The Morgan fingerprint density at radius 3 is 2.77 bits per heavy atom.